The average molecular weight is 318 g/mol. The van der Waals surface area contributed by atoms with E-state index in [0.717, 1.165) is 19.4 Å². The number of rotatable bonds is 4. The van der Waals surface area contributed by atoms with E-state index in [1.54, 1.807) is 20.8 Å². The van der Waals surface area contributed by atoms with Gasteiger partial charge in [-0.2, -0.15) is 10.4 Å². The Bertz CT molecular complexity index is 690. The summed E-state index contributed by atoms with van der Waals surface area (Å²) in [5, 5.41) is 13.4. The highest BCUT2D eigenvalue weighted by molar-refractivity contribution is 5.72. The van der Waals surface area contributed by atoms with Crippen LogP contribution in [0.3, 0.4) is 0 Å². The van der Waals surface area contributed by atoms with Crippen molar-refractivity contribution >= 4 is 5.97 Å². The van der Waals surface area contributed by atoms with Gasteiger partial charge in [-0.15, -0.1) is 0 Å². The van der Waals surface area contributed by atoms with E-state index in [0.29, 0.717) is 24.4 Å². The number of carbonyl (C=O) groups excluding carboxylic acids is 1. The molecule has 7 heteroatoms. The fourth-order valence-corrected chi connectivity index (χ4v) is 2.83. The Balaban J connectivity index is 2.17. The first-order chi connectivity index (χ1) is 11.0. The van der Waals surface area contributed by atoms with Crippen molar-refractivity contribution in [3.8, 4) is 6.07 Å². The molecule has 1 saturated heterocycles. The van der Waals surface area contributed by atoms with Crippen molar-refractivity contribution < 1.29 is 9.53 Å². The lowest BCUT2D eigenvalue weighted by atomic mass is 9.98. The molecule has 1 aliphatic rings. The number of aryl methyl sites for hydroxylation is 1. The van der Waals surface area contributed by atoms with Crippen LogP contribution in [0.5, 0.6) is 0 Å². The maximum atomic E-state index is 12.3. The minimum Gasteiger partial charge on any atom is -0.466 e. The van der Waals surface area contributed by atoms with E-state index < -0.39 is 0 Å². The number of esters is 1. The first-order valence-electron chi connectivity index (χ1n) is 7.85. The van der Waals surface area contributed by atoms with Gasteiger partial charge in [-0.05, 0) is 45.7 Å². The quantitative estimate of drug-likeness (QED) is 0.769. The molecule has 2 heterocycles. The fraction of sp³-hybridized carbons (Fsp3) is 0.625. The Hall–Kier alpha value is -2.20. The molecule has 1 atom stereocenters. The largest absolute Gasteiger partial charge is 0.466 e. The normalized spacial score (nSPS) is 18.4. The molecule has 0 radical (unpaired) electrons. The molecule has 1 aliphatic heterocycles. The van der Waals surface area contributed by atoms with Crippen LogP contribution >= 0.6 is 0 Å². The minimum atomic E-state index is -0.381. The van der Waals surface area contributed by atoms with E-state index in [1.165, 1.54) is 4.68 Å². The van der Waals surface area contributed by atoms with E-state index in [-0.39, 0.29) is 29.7 Å². The van der Waals surface area contributed by atoms with Crippen LogP contribution in [0.25, 0.3) is 0 Å². The second kappa shape index (κ2) is 7.38. The highest BCUT2D eigenvalue weighted by Gasteiger charge is 2.27. The third-order valence-corrected chi connectivity index (χ3v) is 4.21. The molecule has 0 saturated carbocycles. The lowest BCUT2D eigenvalue weighted by molar-refractivity contribution is -0.150. The van der Waals surface area contributed by atoms with Crippen LogP contribution in [0.4, 0.5) is 0 Å². The second-order valence-electron chi connectivity index (χ2n) is 5.81. The molecule has 7 nitrogen and oxygen atoms in total. The van der Waals surface area contributed by atoms with Gasteiger partial charge in [0.2, 0.25) is 0 Å². The second-order valence-corrected chi connectivity index (χ2v) is 5.81. The van der Waals surface area contributed by atoms with Crippen molar-refractivity contribution in [2.24, 2.45) is 5.92 Å². The van der Waals surface area contributed by atoms with Gasteiger partial charge >= 0.3 is 5.97 Å². The van der Waals surface area contributed by atoms with Gasteiger partial charge in [0.25, 0.3) is 5.56 Å². The Morgan fingerprint density at radius 2 is 2.22 bits per heavy atom. The summed E-state index contributed by atoms with van der Waals surface area (Å²) in [5.41, 5.74) is 1.04. The first-order valence-corrected chi connectivity index (χ1v) is 7.85. The smallest absolute Gasteiger partial charge is 0.310 e. The summed E-state index contributed by atoms with van der Waals surface area (Å²) in [4.78, 5) is 26.2. The van der Waals surface area contributed by atoms with Crippen LogP contribution in [0, 0.1) is 31.1 Å². The summed E-state index contributed by atoms with van der Waals surface area (Å²) < 4.78 is 6.40. The van der Waals surface area contributed by atoms with Gasteiger partial charge < -0.3 is 4.74 Å². The van der Waals surface area contributed by atoms with E-state index in [1.807, 2.05) is 11.0 Å². The number of hydrogen-bond acceptors (Lipinski definition) is 6. The predicted molar refractivity (Wildman–Crippen MR) is 83.6 cm³/mol. The van der Waals surface area contributed by atoms with Gasteiger partial charge in [-0.3, -0.25) is 14.5 Å². The maximum absolute atomic E-state index is 12.3. The van der Waals surface area contributed by atoms with Gasteiger partial charge in [0.1, 0.15) is 11.6 Å². The zero-order valence-electron chi connectivity index (χ0n) is 13.8. The number of hydrogen-bond donors (Lipinski definition) is 0. The molecule has 1 fully saturated rings. The van der Waals surface area contributed by atoms with Gasteiger partial charge in [-0.1, -0.05) is 0 Å². The van der Waals surface area contributed by atoms with Crippen molar-refractivity contribution in [2.75, 3.05) is 19.7 Å². The minimum absolute atomic E-state index is 0.136. The number of likely N-dealkylation sites (tertiary alicyclic amines) is 1. The van der Waals surface area contributed by atoms with E-state index in [9.17, 15) is 9.59 Å². The molecule has 23 heavy (non-hydrogen) atoms. The number of carbonyl (C=O) groups is 1. The predicted octanol–water partition coefficient (Wildman–Crippen LogP) is 0.964. The third kappa shape index (κ3) is 3.77. The van der Waals surface area contributed by atoms with Crippen LogP contribution in [0.1, 0.15) is 36.6 Å². The lowest BCUT2D eigenvalue weighted by Crippen LogP contribution is -2.43. The highest BCUT2D eigenvalue weighted by Crippen LogP contribution is 2.18. The van der Waals surface area contributed by atoms with Crippen LogP contribution in [-0.2, 0) is 16.2 Å². The maximum Gasteiger partial charge on any atom is 0.310 e. The molecule has 0 aromatic carbocycles. The zero-order valence-corrected chi connectivity index (χ0v) is 13.8. The van der Waals surface area contributed by atoms with Gasteiger partial charge in [-0.25, -0.2) is 4.68 Å². The number of ether oxygens (including phenoxy) is 1. The lowest BCUT2D eigenvalue weighted by Gasteiger charge is -2.31. The first kappa shape index (κ1) is 17.2. The molecule has 124 valence electrons. The Labute approximate surface area is 135 Å². The molecule has 0 bridgehead atoms. The van der Waals surface area contributed by atoms with Crippen LogP contribution < -0.4 is 5.56 Å². The molecule has 0 unspecified atom stereocenters. The van der Waals surface area contributed by atoms with Gasteiger partial charge in [0.05, 0.1) is 24.9 Å². The van der Waals surface area contributed by atoms with Crippen LogP contribution in [-0.4, -0.2) is 40.3 Å². The van der Waals surface area contributed by atoms with E-state index >= 15 is 0 Å². The van der Waals surface area contributed by atoms with E-state index in [2.05, 4.69) is 5.10 Å². The molecular formula is C16H22N4O3. The number of nitrogens with zero attached hydrogens (tertiary/aromatic N) is 4. The summed E-state index contributed by atoms with van der Waals surface area (Å²) in [5.74, 6) is -0.350. The van der Waals surface area contributed by atoms with Crippen molar-refractivity contribution in [3.63, 3.8) is 0 Å². The molecule has 1 aromatic rings. The highest BCUT2D eigenvalue weighted by atomic mass is 16.5. The topological polar surface area (TPSA) is 88.2 Å². The molecule has 0 N–H and O–H groups in total. The Morgan fingerprint density at radius 3 is 2.87 bits per heavy atom. The van der Waals surface area contributed by atoms with Gasteiger partial charge in [0, 0.05) is 6.54 Å². The van der Waals surface area contributed by atoms with E-state index in [4.69, 9.17) is 10.00 Å². The average Bonchev–Trinajstić information content (AvgIpc) is 2.54. The Kier molecular flexibility index (Phi) is 5.50. The van der Waals surface area contributed by atoms with Crippen molar-refractivity contribution in [3.05, 3.63) is 27.2 Å². The standard InChI is InChI=1S/C16H22N4O3/c1-4-23-16(22)13-6-5-7-19(9-13)10-20-15(21)14(8-17)11(2)12(3)18-20/h13H,4-7,9-10H2,1-3H3/t13-/m1/s1. The van der Waals surface area contributed by atoms with Crippen molar-refractivity contribution in [1.82, 2.24) is 14.7 Å². The summed E-state index contributed by atoms with van der Waals surface area (Å²) in [6.07, 6.45) is 1.67. The summed E-state index contributed by atoms with van der Waals surface area (Å²) >= 11 is 0. The number of piperidine rings is 1. The summed E-state index contributed by atoms with van der Waals surface area (Å²) in [7, 11) is 0. The summed E-state index contributed by atoms with van der Waals surface area (Å²) in [6, 6.07) is 1.96. The monoisotopic (exact) mass is 318 g/mol. The summed E-state index contributed by atoms with van der Waals surface area (Å²) in [6.45, 7) is 7.29. The van der Waals surface area contributed by atoms with Crippen LogP contribution in [0.2, 0.25) is 0 Å². The number of nitriles is 1. The molecule has 2 rings (SSSR count). The molecule has 0 aliphatic carbocycles. The van der Waals surface area contributed by atoms with Crippen LogP contribution in [0.15, 0.2) is 4.79 Å². The zero-order chi connectivity index (χ0) is 17.0. The van der Waals surface area contributed by atoms with Crippen molar-refractivity contribution in [2.45, 2.75) is 40.3 Å². The van der Waals surface area contributed by atoms with Gasteiger partial charge in [0.15, 0.2) is 0 Å². The molecule has 1 aromatic heterocycles. The Morgan fingerprint density at radius 1 is 1.48 bits per heavy atom. The fourth-order valence-electron chi connectivity index (χ4n) is 2.83. The van der Waals surface area contributed by atoms with Crippen molar-refractivity contribution in [1.29, 1.82) is 5.26 Å². The molecular weight excluding hydrogens is 296 g/mol. The number of aromatic nitrogens is 2. The third-order valence-electron chi connectivity index (χ3n) is 4.21. The molecule has 0 amide bonds. The SMILES string of the molecule is CCOC(=O)[C@@H]1CCCN(Cn2nc(C)c(C)c(C#N)c2=O)C1. The molecule has 0 spiro atoms.